The molecule has 1 N–H and O–H groups in total. The molecule has 198 valence electrons. The molecule has 2 aliphatic rings. The zero-order chi connectivity index (χ0) is 26.9. The van der Waals surface area contributed by atoms with Crippen LogP contribution < -0.4 is 9.64 Å². The molecule has 3 aromatic carbocycles. The zero-order valence-corrected chi connectivity index (χ0v) is 21.3. The second-order valence-electron chi connectivity index (χ2n) is 10.2. The molecule has 2 fully saturated rings. The van der Waals surface area contributed by atoms with Crippen LogP contribution in [-0.4, -0.2) is 48.1 Å². The Balaban J connectivity index is 1.29. The van der Waals surface area contributed by atoms with E-state index >= 15 is 0 Å². The Labute approximate surface area is 220 Å². The smallest absolute Gasteiger partial charge is 0.335 e. The predicted octanol–water partition coefficient (Wildman–Crippen LogP) is 5.75. The average molecular weight is 521 g/mol. The van der Waals surface area contributed by atoms with Crippen LogP contribution in [0.1, 0.15) is 42.1 Å². The molecule has 6 nitrogen and oxygen atoms in total. The van der Waals surface area contributed by atoms with Gasteiger partial charge in [-0.3, -0.25) is 9.69 Å². The fraction of sp³-hybridized carbons (Fsp3) is 0.333. The highest BCUT2D eigenvalue weighted by molar-refractivity contribution is 5.97. The Kier molecular flexibility index (Phi) is 7.17. The fourth-order valence-electron chi connectivity index (χ4n) is 5.58. The van der Waals surface area contributed by atoms with E-state index in [1.807, 2.05) is 25.1 Å². The molecule has 5 rings (SSSR count). The molecular formula is C30H30F2N2O4. The summed E-state index contributed by atoms with van der Waals surface area (Å²) < 4.78 is 33.3. The van der Waals surface area contributed by atoms with E-state index in [0.717, 1.165) is 54.6 Å². The van der Waals surface area contributed by atoms with Crippen LogP contribution in [0.3, 0.4) is 0 Å². The van der Waals surface area contributed by atoms with Gasteiger partial charge >= 0.3 is 5.97 Å². The van der Waals surface area contributed by atoms with Crippen molar-refractivity contribution in [3.05, 3.63) is 83.4 Å². The molecule has 2 saturated heterocycles. The molecule has 1 amide bonds. The largest absolute Gasteiger partial charge is 0.494 e. The van der Waals surface area contributed by atoms with E-state index in [0.29, 0.717) is 31.7 Å². The molecule has 8 heteroatoms. The van der Waals surface area contributed by atoms with E-state index in [4.69, 9.17) is 9.84 Å². The number of hydrogen-bond acceptors (Lipinski definition) is 4. The summed E-state index contributed by atoms with van der Waals surface area (Å²) in [5.74, 6) is -1.96. The second kappa shape index (κ2) is 10.5. The Morgan fingerprint density at radius 3 is 2.39 bits per heavy atom. The molecule has 2 heterocycles. The summed E-state index contributed by atoms with van der Waals surface area (Å²) in [5.41, 5.74) is 3.22. The summed E-state index contributed by atoms with van der Waals surface area (Å²) in [6.07, 6.45) is 2.18. The van der Waals surface area contributed by atoms with Gasteiger partial charge < -0.3 is 14.7 Å². The topological polar surface area (TPSA) is 70.1 Å². The van der Waals surface area contributed by atoms with Gasteiger partial charge in [-0.05, 0) is 103 Å². The molecule has 0 aromatic heterocycles. The molecule has 1 spiro atoms. The molecule has 0 aliphatic carbocycles. The normalized spacial score (nSPS) is 17.2. The maximum atomic E-state index is 14.0. The van der Waals surface area contributed by atoms with Crippen molar-refractivity contribution >= 4 is 17.6 Å². The summed E-state index contributed by atoms with van der Waals surface area (Å²) in [4.78, 5) is 28.2. The van der Waals surface area contributed by atoms with Crippen molar-refractivity contribution in [1.29, 1.82) is 0 Å². The van der Waals surface area contributed by atoms with Gasteiger partial charge in [0.2, 0.25) is 5.91 Å². The van der Waals surface area contributed by atoms with Gasteiger partial charge in [-0.25, -0.2) is 13.6 Å². The lowest BCUT2D eigenvalue weighted by atomic mass is 9.77. The van der Waals surface area contributed by atoms with Gasteiger partial charge in [-0.1, -0.05) is 12.1 Å². The molecule has 3 aromatic rings. The van der Waals surface area contributed by atoms with Crippen molar-refractivity contribution < 1.29 is 28.2 Å². The van der Waals surface area contributed by atoms with Gasteiger partial charge in [0.1, 0.15) is 5.75 Å². The number of ether oxygens (including phenoxy) is 1. The number of carboxylic acids is 1. The van der Waals surface area contributed by atoms with E-state index in [1.165, 1.54) is 18.2 Å². The highest BCUT2D eigenvalue weighted by Crippen LogP contribution is 2.43. The molecule has 0 bridgehead atoms. The van der Waals surface area contributed by atoms with Gasteiger partial charge in [0.25, 0.3) is 0 Å². The number of benzene rings is 3. The van der Waals surface area contributed by atoms with E-state index in [9.17, 15) is 18.4 Å². The van der Waals surface area contributed by atoms with Crippen molar-refractivity contribution in [2.75, 3.05) is 31.1 Å². The number of anilines is 1. The summed E-state index contributed by atoms with van der Waals surface area (Å²) >= 11 is 0. The first-order valence-electron chi connectivity index (χ1n) is 12.8. The molecule has 0 radical (unpaired) electrons. The minimum Gasteiger partial charge on any atom is -0.494 e. The first kappa shape index (κ1) is 25.9. The predicted molar refractivity (Wildman–Crippen MR) is 140 cm³/mol. The Morgan fingerprint density at radius 2 is 1.74 bits per heavy atom. The maximum Gasteiger partial charge on any atom is 0.335 e. The number of nitrogens with zero attached hydrogens (tertiary/aromatic N) is 2. The number of aromatic carboxylic acids is 1. The quantitative estimate of drug-likeness (QED) is 0.430. The van der Waals surface area contributed by atoms with E-state index in [1.54, 1.807) is 23.1 Å². The van der Waals surface area contributed by atoms with Crippen molar-refractivity contribution in [2.24, 2.45) is 5.41 Å². The van der Waals surface area contributed by atoms with Crippen LogP contribution in [-0.2, 0) is 11.3 Å². The number of carboxylic acid groups (broad SMARTS) is 1. The molecule has 0 saturated carbocycles. The average Bonchev–Trinajstić information content (AvgIpc) is 3.23. The van der Waals surface area contributed by atoms with Gasteiger partial charge in [-0.2, -0.15) is 0 Å². The minimum atomic E-state index is -0.993. The van der Waals surface area contributed by atoms with Crippen LogP contribution in [0.15, 0.2) is 60.7 Å². The lowest BCUT2D eigenvalue weighted by Crippen LogP contribution is -2.41. The molecule has 38 heavy (non-hydrogen) atoms. The van der Waals surface area contributed by atoms with E-state index < -0.39 is 17.6 Å². The van der Waals surface area contributed by atoms with Crippen LogP contribution >= 0.6 is 0 Å². The Morgan fingerprint density at radius 1 is 1.00 bits per heavy atom. The number of likely N-dealkylation sites (tertiary alicyclic amines) is 1. The van der Waals surface area contributed by atoms with Crippen LogP contribution in [0.2, 0.25) is 0 Å². The van der Waals surface area contributed by atoms with E-state index in [2.05, 4.69) is 4.90 Å². The number of amides is 1. The van der Waals surface area contributed by atoms with Gasteiger partial charge in [-0.15, -0.1) is 0 Å². The monoisotopic (exact) mass is 520 g/mol. The van der Waals surface area contributed by atoms with Crippen LogP contribution in [0.4, 0.5) is 14.5 Å². The van der Waals surface area contributed by atoms with Crippen LogP contribution in [0.25, 0.3) is 11.1 Å². The van der Waals surface area contributed by atoms with Crippen molar-refractivity contribution in [1.82, 2.24) is 4.90 Å². The summed E-state index contributed by atoms with van der Waals surface area (Å²) in [6.45, 7) is 5.29. The Bertz CT molecular complexity index is 1350. The van der Waals surface area contributed by atoms with Crippen molar-refractivity contribution in [3.8, 4) is 16.9 Å². The number of carbonyl (C=O) groups is 2. The number of rotatable bonds is 7. The summed E-state index contributed by atoms with van der Waals surface area (Å²) in [7, 11) is 0. The van der Waals surface area contributed by atoms with Gasteiger partial charge in [0, 0.05) is 25.2 Å². The third kappa shape index (κ3) is 5.27. The Hall–Kier alpha value is -3.78. The zero-order valence-electron chi connectivity index (χ0n) is 21.3. The molecule has 2 aliphatic heterocycles. The molecule has 0 atom stereocenters. The van der Waals surface area contributed by atoms with E-state index in [-0.39, 0.29) is 16.9 Å². The lowest BCUT2D eigenvalue weighted by molar-refractivity contribution is -0.118. The standard InChI is InChI=1S/C30H30F2N2O4/c1-2-38-24-8-9-25(21-5-10-26(31)27(32)16-21)22(15-24)18-33-13-11-30(12-14-33)17-28(35)34(19-30)23-6-3-20(4-7-23)29(36)37/h3-10,15-16H,2,11-14,17-19H2,1H3,(H,36,37). The number of piperidine rings is 1. The minimum absolute atomic E-state index is 0.0616. The first-order valence-corrected chi connectivity index (χ1v) is 12.8. The number of halogens is 2. The van der Waals surface area contributed by atoms with Crippen molar-refractivity contribution in [2.45, 2.75) is 32.7 Å². The lowest BCUT2D eigenvalue weighted by Gasteiger charge is -2.39. The van der Waals surface area contributed by atoms with Crippen LogP contribution in [0, 0.1) is 17.0 Å². The van der Waals surface area contributed by atoms with Crippen molar-refractivity contribution in [3.63, 3.8) is 0 Å². The third-order valence-corrected chi connectivity index (χ3v) is 7.68. The first-order chi connectivity index (χ1) is 18.3. The number of carbonyl (C=O) groups excluding carboxylic acids is 1. The van der Waals surface area contributed by atoms with Gasteiger partial charge in [0.15, 0.2) is 11.6 Å². The SMILES string of the molecule is CCOc1ccc(-c2ccc(F)c(F)c2)c(CN2CCC3(CC2)CC(=O)N(c2ccc(C(=O)O)cc2)C3)c1. The highest BCUT2D eigenvalue weighted by atomic mass is 19.2. The second-order valence-corrected chi connectivity index (χ2v) is 10.2. The number of hydrogen-bond donors (Lipinski definition) is 1. The molecular weight excluding hydrogens is 490 g/mol. The summed E-state index contributed by atoms with van der Waals surface area (Å²) in [5, 5.41) is 9.15. The van der Waals surface area contributed by atoms with Gasteiger partial charge in [0.05, 0.1) is 12.2 Å². The maximum absolute atomic E-state index is 14.0. The molecule has 0 unspecified atom stereocenters. The fourth-order valence-corrected chi connectivity index (χ4v) is 5.58. The third-order valence-electron chi connectivity index (χ3n) is 7.68. The van der Waals surface area contributed by atoms with Crippen LogP contribution in [0.5, 0.6) is 5.75 Å². The summed E-state index contributed by atoms with van der Waals surface area (Å²) in [6, 6.07) is 16.1. The highest BCUT2D eigenvalue weighted by Gasteiger charge is 2.45.